The highest BCUT2D eigenvalue weighted by atomic mass is 16.5. The second kappa shape index (κ2) is 6.54. The lowest BCUT2D eigenvalue weighted by molar-refractivity contribution is 0.201. The summed E-state index contributed by atoms with van der Waals surface area (Å²) in [6.07, 6.45) is 3.12. The highest BCUT2D eigenvalue weighted by Gasteiger charge is 2.27. The fourth-order valence-corrected chi connectivity index (χ4v) is 3.43. The van der Waals surface area contributed by atoms with E-state index in [9.17, 15) is 5.26 Å². The molecule has 0 amide bonds. The third-order valence-electron chi connectivity index (χ3n) is 4.52. The number of ether oxygens (including phenoxy) is 1. The van der Waals surface area contributed by atoms with Gasteiger partial charge in [-0.25, -0.2) is 4.98 Å². The van der Waals surface area contributed by atoms with Crippen molar-refractivity contribution in [2.75, 3.05) is 18.9 Å². The van der Waals surface area contributed by atoms with Crippen LogP contribution in [-0.2, 0) is 12.8 Å². The monoisotopic (exact) mass is 347 g/mol. The lowest BCUT2D eigenvalue weighted by Gasteiger charge is -2.21. The summed E-state index contributed by atoms with van der Waals surface area (Å²) in [4.78, 5) is 4.49. The number of aliphatic hydroxyl groups is 1. The number of aryl methyl sites for hydroxylation is 1. The highest BCUT2D eigenvalue weighted by Crippen LogP contribution is 2.41. The van der Waals surface area contributed by atoms with Crippen molar-refractivity contribution in [3.8, 4) is 34.2 Å². The number of nitrogens with two attached hydrogens (primary N) is 1. The molecule has 0 saturated heterocycles. The fraction of sp³-hybridized carbons (Fsp3) is 0.200. The van der Waals surface area contributed by atoms with Crippen molar-refractivity contribution >= 4 is 5.82 Å². The van der Waals surface area contributed by atoms with Gasteiger partial charge in [0.1, 0.15) is 35.6 Å². The third kappa shape index (κ3) is 2.59. The number of nitrogen functional groups attached to an aromatic ring is 1. The molecule has 4 rings (SSSR count). The van der Waals surface area contributed by atoms with Gasteiger partial charge in [0, 0.05) is 17.5 Å². The summed E-state index contributed by atoms with van der Waals surface area (Å²) in [6.45, 7) is 0.151. The van der Waals surface area contributed by atoms with Gasteiger partial charge in [-0.15, -0.1) is 0 Å². The molecule has 3 aromatic rings. The van der Waals surface area contributed by atoms with Gasteiger partial charge >= 0.3 is 0 Å². The topological polar surface area (TPSA) is 105 Å². The summed E-state index contributed by atoms with van der Waals surface area (Å²) >= 11 is 0. The molecule has 2 heterocycles. The van der Waals surface area contributed by atoms with Crippen molar-refractivity contribution < 1.29 is 14.3 Å². The Morgan fingerprint density at radius 1 is 1.31 bits per heavy atom. The van der Waals surface area contributed by atoms with Crippen LogP contribution >= 0.6 is 0 Å². The maximum atomic E-state index is 9.68. The predicted molar refractivity (Wildman–Crippen MR) is 96.5 cm³/mol. The van der Waals surface area contributed by atoms with E-state index in [1.165, 1.54) is 0 Å². The SMILES string of the molecule is N#Cc1c(N)nc2c(c1-c1cccc(OCCO)c1)CCc1occc1-2. The number of hydrogen-bond acceptors (Lipinski definition) is 6. The number of furan rings is 1. The third-order valence-corrected chi connectivity index (χ3v) is 4.52. The summed E-state index contributed by atoms with van der Waals surface area (Å²) in [5.74, 6) is 1.72. The molecule has 2 aromatic heterocycles. The van der Waals surface area contributed by atoms with Gasteiger partial charge in [-0.3, -0.25) is 0 Å². The van der Waals surface area contributed by atoms with Crippen molar-refractivity contribution in [1.29, 1.82) is 5.26 Å². The smallest absolute Gasteiger partial charge is 0.142 e. The Kier molecular flexibility index (Phi) is 4.07. The number of nitrogens with zero attached hydrogens (tertiary/aromatic N) is 2. The first kappa shape index (κ1) is 16.2. The molecule has 0 aliphatic heterocycles. The Morgan fingerprint density at radius 2 is 2.19 bits per heavy atom. The van der Waals surface area contributed by atoms with E-state index >= 15 is 0 Å². The minimum atomic E-state index is -0.0610. The number of benzene rings is 1. The average molecular weight is 347 g/mol. The van der Waals surface area contributed by atoms with E-state index in [0.717, 1.165) is 46.5 Å². The molecule has 0 saturated carbocycles. The molecule has 1 aromatic carbocycles. The fourth-order valence-electron chi connectivity index (χ4n) is 3.43. The zero-order chi connectivity index (χ0) is 18.1. The van der Waals surface area contributed by atoms with E-state index in [1.54, 1.807) is 6.26 Å². The van der Waals surface area contributed by atoms with Crippen molar-refractivity contribution in [2.45, 2.75) is 12.8 Å². The second-order valence-corrected chi connectivity index (χ2v) is 6.04. The molecule has 0 fully saturated rings. The number of anilines is 1. The molecular weight excluding hydrogens is 330 g/mol. The molecule has 6 heteroatoms. The van der Waals surface area contributed by atoms with Crippen LogP contribution in [-0.4, -0.2) is 23.3 Å². The normalized spacial score (nSPS) is 12.2. The predicted octanol–water partition coefficient (Wildman–Crippen LogP) is 2.93. The Morgan fingerprint density at radius 3 is 3.00 bits per heavy atom. The number of fused-ring (bicyclic) bond motifs is 3. The van der Waals surface area contributed by atoms with E-state index in [2.05, 4.69) is 11.1 Å². The van der Waals surface area contributed by atoms with Crippen molar-refractivity contribution in [3.63, 3.8) is 0 Å². The number of pyridine rings is 1. The molecule has 130 valence electrons. The standard InChI is InChI=1S/C20H17N3O3/c21-11-16-18(12-2-1-3-13(10-12)25-9-7-24)15-4-5-17-14(6-8-26-17)19(15)23-20(16)22/h1-3,6,8,10,24H,4-5,7,9H2,(H2,22,23). The van der Waals surface area contributed by atoms with Crippen LogP contribution in [0.1, 0.15) is 16.9 Å². The van der Waals surface area contributed by atoms with Gasteiger partial charge in [0.25, 0.3) is 0 Å². The van der Waals surface area contributed by atoms with E-state index < -0.39 is 0 Å². The molecule has 0 atom stereocenters. The maximum Gasteiger partial charge on any atom is 0.142 e. The van der Waals surface area contributed by atoms with Crippen LogP contribution in [0.3, 0.4) is 0 Å². The molecule has 1 aliphatic rings. The first-order valence-electron chi connectivity index (χ1n) is 8.36. The molecule has 26 heavy (non-hydrogen) atoms. The van der Waals surface area contributed by atoms with E-state index in [4.69, 9.17) is 20.0 Å². The molecule has 0 unspecified atom stereocenters. The number of aliphatic hydroxyl groups excluding tert-OH is 1. The van der Waals surface area contributed by atoms with Crippen LogP contribution in [0.15, 0.2) is 41.0 Å². The summed E-state index contributed by atoms with van der Waals surface area (Å²) in [5.41, 5.74) is 10.8. The van der Waals surface area contributed by atoms with Crippen molar-refractivity contribution in [1.82, 2.24) is 4.98 Å². The molecular formula is C20H17N3O3. The largest absolute Gasteiger partial charge is 0.491 e. The number of rotatable bonds is 4. The van der Waals surface area contributed by atoms with Gasteiger partial charge < -0.3 is 20.0 Å². The number of aromatic nitrogens is 1. The zero-order valence-electron chi connectivity index (χ0n) is 14.0. The Bertz CT molecular complexity index is 1020. The van der Waals surface area contributed by atoms with Crippen LogP contribution in [0.5, 0.6) is 5.75 Å². The van der Waals surface area contributed by atoms with Gasteiger partial charge in [-0.2, -0.15) is 5.26 Å². The van der Waals surface area contributed by atoms with Crippen LogP contribution in [0.4, 0.5) is 5.82 Å². The van der Waals surface area contributed by atoms with Crippen LogP contribution in [0.2, 0.25) is 0 Å². The van der Waals surface area contributed by atoms with Gasteiger partial charge in [0.15, 0.2) is 0 Å². The molecule has 6 nitrogen and oxygen atoms in total. The molecule has 1 aliphatic carbocycles. The van der Waals surface area contributed by atoms with E-state index in [-0.39, 0.29) is 19.0 Å². The molecule has 0 radical (unpaired) electrons. The zero-order valence-corrected chi connectivity index (χ0v) is 14.0. The lowest BCUT2D eigenvalue weighted by Crippen LogP contribution is -2.10. The summed E-state index contributed by atoms with van der Waals surface area (Å²) < 4.78 is 11.0. The number of hydrogen-bond donors (Lipinski definition) is 2. The molecule has 0 bridgehead atoms. The Labute approximate surface area is 150 Å². The summed E-state index contributed by atoms with van der Waals surface area (Å²) in [5, 5.41) is 18.6. The minimum Gasteiger partial charge on any atom is -0.491 e. The second-order valence-electron chi connectivity index (χ2n) is 6.04. The van der Waals surface area contributed by atoms with E-state index in [1.807, 2.05) is 30.3 Å². The number of nitriles is 1. The Balaban J connectivity index is 1.93. The first-order valence-corrected chi connectivity index (χ1v) is 8.36. The van der Waals surface area contributed by atoms with Gasteiger partial charge in [-0.05, 0) is 35.7 Å². The quantitative estimate of drug-likeness (QED) is 0.752. The average Bonchev–Trinajstić information content (AvgIpc) is 3.15. The van der Waals surface area contributed by atoms with Gasteiger partial charge in [0.05, 0.1) is 18.6 Å². The first-order chi connectivity index (χ1) is 12.7. The van der Waals surface area contributed by atoms with Gasteiger partial charge in [-0.1, -0.05) is 12.1 Å². The van der Waals surface area contributed by atoms with Crippen LogP contribution < -0.4 is 10.5 Å². The maximum absolute atomic E-state index is 9.68. The molecule has 0 spiro atoms. The summed E-state index contributed by atoms with van der Waals surface area (Å²) in [6, 6.07) is 11.5. The van der Waals surface area contributed by atoms with Crippen LogP contribution in [0.25, 0.3) is 22.4 Å². The minimum absolute atomic E-state index is 0.0610. The molecule has 3 N–H and O–H groups in total. The van der Waals surface area contributed by atoms with Crippen molar-refractivity contribution in [2.24, 2.45) is 0 Å². The summed E-state index contributed by atoms with van der Waals surface area (Å²) in [7, 11) is 0. The van der Waals surface area contributed by atoms with Crippen LogP contribution in [0, 0.1) is 11.3 Å². The lowest BCUT2D eigenvalue weighted by atomic mass is 9.86. The van der Waals surface area contributed by atoms with Crippen molar-refractivity contribution in [3.05, 3.63) is 53.5 Å². The Hall–Kier alpha value is -3.30. The highest BCUT2D eigenvalue weighted by molar-refractivity contribution is 5.86. The van der Waals surface area contributed by atoms with Gasteiger partial charge in [0.2, 0.25) is 0 Å². The van der Waals surface area contributed by atoms with E-state index in [0.29, 0.717) is 11.3 Å².